The van der Waals surface area contributed by atoms with Gasteiger partial charge in [0.05, 0.1) is 0 Å². The molecule has 3 heteroatoms. The van der Waals surface area contributed by atoms with Crippen LogP contribution in [0.4, 0.5) is 0 Å². The largest absolute Gasteiger partial charge is 0.354 e. The molecule has 1 aromatic carbocycles. The van der Waals surface area contributed by atoms with Crippen molar-refractivity contribution in [1.29, 1.82) is 0 Å². The SMILES string of the molecule is O=C(C=Cc1ccccc1)NCCCn1cccc1. The Balaban J connectivity index is 1.66. The third-order valence-electron chi connectivity index (χ3n) is 2.79. The number of aryl methyl sites for hydroxylation is 1. The summed E-state index contributed by atoms with van der Waals surface area (Å²) in [7, 11) is 0. The zero-order valence-electron chi connectivity index (χ0n) is 10.8. The van der Waals surface area contributed by atoms with E-state index in [9.17, 15) is 4.79 Å². The number of hydrogen-bond acceptors (Lipinski definition) is 1. The van der Waals surface area contributed by atoms with Crippen LogP contribution in [-0.2, 0) is 11.3 Å². The maximum atomic E-state index is 11.6. The molecule has 1 N–H and O–H groups in total. The molecule has 1 amide bonds. The summed E-state index contributed by atoms with van der Waals surface area (Å²) in [6.45, 7) is 1.62. The predicted molar refractivity (Wildman–Crippen MR) is 77.5 cm³/mol. The lowest BCUT2D eigenvalue weighted by molar-refractivity contribution is -0.116. The fourth-order valence-electron chi connectivity index (χ4n) is 1.79. The van der Waals surface area contributed by atoms with Gasteiger partial charge in [-0.25, -0.2) is 0 Å². The molecule has 0 atom stereocenters. The quantitative estimate of drug-likeness (QED) is 0.624. The van der Waals surface area contributed by atoms with E-state index in [0.717, 1.165) is 18.5 Å². The summed E-state index contributed by atoms with van der Waals surface area (Å²) < 4.78 is 2.10. The van der Waals surface area contributed by atoms with Gasteiger partial charge in [-0.15, -0.1) is 0 Å². The van der Waals surface area contributed by atoms with Gasteiger partial charge in [-0.05, 0) is 30.2 Å². The zero-order valence-corrected chi connectivity index (χ0v) is 10.8. The molecule has 1 aromatic heterocycles. The molecule has 0 spiro atoms. The highest BCUT2D eigenvalue weighted by atomic mass is 16.1. The molecule has 0 saturated heterocycles. The first-order valence-corrected chi connectivity index (χ1v) is 6.46. The molecule has 19 heavy (non-hydrogen) atoms. The van der Waals surface area contributed by atoms with Crippen LogP contribution < -0.4 is 5.32 Å². The minimum atomic E-state index is -0.0450. The Kier molecular flexibility index (Phi) is 4.99. The number of nitrogens with zero attached hydrogens (tertiary/aromatic N) is 1. The summed E-state index contributed by atoms with van der Waals surface area (Å²) >= 11 is 0. The first-order chi connectivity index (χ1) is 9.34. The average Bonchev–Trinajstić information content (AvgIpc) is 2.96. The molecule has 2 rings (SSSR count). The van der Waals surface area contributed by atoms with Gasteiger partial charge in [-0.2, -0.15) is 0 Å². The Morgan fingerprint density at radius 1 is 1.11 bits per heavy atom. The average molecular weight is 254 g/mol. The molecule has 0 unspecified atom stereocenters. The van der Waals surface area contributed by atoms with E-state index in [-0.39, 0.29) is 5.91 Å². The van der Waals surface area contributed by atoms with E-state index in [0.29, 0.717) is 6.54 Å². The lowest BCUT2D eigenvalue weighted by Gasteiger charge is -2.03. The summed E-state index contributed by atoms with van der Waals surface area (Å²) in [6.07, 6.45) is 8.38. The van der Waals surface area contributed by atoms with Crippen molar-refractivity contribution in [2.24, 2.45) is 0 Å². The number of hydrogen-bond donors (Lipinski definition) is 1. The van der Waals surface area contributed by atoms with Crippen molar-refractivity contribution in [3.05, 3.63) is 66.5 Å². The van der Waals surface area contributed by atoms with E-state index in [1.165, 1.54) is 0 Å². The van der Waals surface area contributed by atoms with Gasteiger partial charge in [0.15, 0.2) is 0 Å². The molecule has 0 radical (unpaired) electrons. The van der Waals surface area contributed by atoms with E-state index in [4.69, 9.17) is 0 Å². The van der Waals surface area contributed by atoms with Gasteiger partial charge >= 0.3 is 0 Å². The molecule has 0 aliphatic rings. The maximum Gasteiger partial charge on any atom is 0.244 e. The summed E-state index contributed by atoms with van der Waals surface area (Å²) in [6, 6.07) is 13.8. The van der Waals surface area contributed by atoms with E-state index in [1.54, 1.807) is 6.08 Å². The van der Waals surface area contributed by atoms with Crippen LogP contribution in [0.1, 0.15) is 12.0 Å². The van der Waals surface area contributed by atoms with Crippen LogP contribution >= 0.6 is 0 Å². The number of carbonyl (C=O) groups is 1. The Labute approximate surface area is 113 Å². The second kappa shape index (κ2) is 7.21. The maximum absolute atomic E-state index is 11.6. The van der Waals surface area contributed by atoms with Crippen LogP contribution in [0.5, 0.6) is 0 Å². The lowest BCUT2D eigenvalue weighted by atomic mass is 10.2. The van der Waals surface area contributed by atoms with Gasteiger partial charge in [-0.1, -0.05) is 30.3 Å². The highest BCUT2D eigenvalue weighted by molar-refractivity contribution is 5.91. The smallest absolute Gasteiger partial charge is 0.244 e. The number of aromatic nitrogens is 1. The van der Waals surface area contributed by atoms with Crippen LogP contribution in [0.2, 0.25) is 0 Å². The fourth-order valence-corrected chi connectivity index (χ4v) is 1.79. The molecular formula is C16H18N2O. The molecule has 2 aromatic rings. The first kappa shape index (κ1) is 13.1. The molecule has 0 aliphatic carbocycles. The molecule has 0 saturated carbocycles. The van der Waals surface area contributed by atoms with Crippen molar-refractivity contribution < 1.29 is 4.79 Å². The third kappa shape index (κ3) is 4.84. The normalized spacial score (nSPS) is 10.7. The van der Waals surface area contributed by atoms with Crippen molar-refractivity contribution >= 4 is 12.0 Å². The van der Waals surface area contributed by atoms with Gasteiger partial charge in [0.2, 0.25) is 5.91 Å². The van der Waals surface area contributed by atoms with E-state index in [2.05, 4.69) is 9.88 Å². The second-order valence-electron chi connectivity index (χ2n) is 4.31. The third-order valence-corrected chi connectivity index (χ3v) is 2.79. The van der Waals surface area contributed by atoms with Crippen LogP contribution in [0.3, 0.4) is 0 Å². The second-order valence-corrected chi connectivity index (χ2v) is 4.31. The first-order valence-electron chi connectivity index (χ1n) is 6.46. The molecule has 0 fully saturated rings. The van der Waals surface area contributed by atoms with Crippen LogP contribution in [0.15, 0.2) is 60.9 Å². The molecular weight excluding hydrogens is 236 g/mol. The van der Waals surface area contributed by atoms with Crippen molar-refractivity contribution in [2.45, 2.75) is 13.0 Å². The van der Waals surface area contributed by atoms with Gasteiger partial charge in [-0.3, -0.25) is 4.79 Å². The highest BCUT2D eigenvalue weighted by Crippen LogP contribution is 2.00. The number of amides is 1. The number of nitrogens with one attached hydrogen (secondary N) is 1. The molecule has 1 heterocycles. The minimum absolute atomic E-state index is 0.0450. The standard InChI is InChI=1S/C16H18N2O/c19-16(10-9-15-7-2-1-3-8-15)17-11-6-14-18-12-4-5-13-18/h1-5,7-10,12-13H,6,11,14H2,(H,17,19). The van der Waals surface area contributed by atoms with E-state index < -0.39 is 0 Å². The Morgan fingerprint density at radius 3 is 2.58 bits per heavy atom. The number of benzene rings is 1. The molecule has 0 bridgehead atoms. The Morgan fingerprint density at radius 2 is 1.84 bits per heavy atom. The summed E-state index contributed by atoms with van der Waals surface area (Å²) in [5.41, 5.74) is 1.03. The topological polar surface area (TPSA) is 34.0 Å². The van der Waals surface area contributed by atoms with Crippen molar-refractivity contribution in [2.75, 3.05) is 6.54 Å². The summed E-state index contributed by atoms with van der Waals surface area (Å²) in [5.74, 6) is -0.0450. The van der Waals surface area contributed by atoms with Gasteiger partial charge in [0, 0.05) is 31.6 Å². The fraction of sp³-hybridized carbons (Fsp3) is 0.188. The molecule has 98 valence electrons. The van der Waals surface area contributed by atoms with E-state index >= 15 is 0 Å². The van der Waals surface area contributed by atoms with E-state index in [1.807, 2.05) is 60.9 Å². The van der Waals surface area contributed by atoms with Crippen molar-refractivity contribution in [3.63, 3.8) is 0 Å². The highest BCUT2D eigenvalue weighted by Gasteiger charge is 1.95. The van der Waals surface area contributed by atoms with Gasteiger partial charge < -0.3 is 9.88 Å². The molecule has 3 nitrogen and oxygen atoms in total. The number of carbonyl (C=O) groups excluding carboxylic acids is 1. The van der Waals surface area contributed by atoms with Crippen LogP contribution in [0.25, 0.3) is 6.08 Å². The Hall–Kier alpha value is -2.29. The number of rotatable bonds is 6. The summed E-state index contributed by atoms with van der Waals surface area (Å²) in [4.78, 5) is 11.6. The minimum Gasteiger partial charge on any atom is -0.354 e. The monoisotopic (exact) mass is 254 g/mol. The van der Waals surface area contributed by atoms with Crippen molar-refractivity contribution in [1.82, 2.24) is 9.88 Å². The van der Waals surface area contributed by atoms with Crippen LogP contribution in [0, 0.1) is 0 Å². The predicted octanol–water partition coefficient (Wildman–Crippen LogP) is 2.71. The van der Waals surface area contributed by atoms with Gasteiger partial charge in [0.1, 0.15) is 0 Å². The van der Waals surface area contributed by atoms with Crippen molar-refractivity contribution in [3.8, 4) is 0 Å². The molecule has 0 aliphatic heterocycles. The van der Waals surface area contributed by atoms with Gasteiger partial charge in [0.25, 0.3) is 0 Å². The summed E-state index contributed by atoms with van der Waals surface area (Å²) in [5, 5.41) is 2.88. The lowest BCUT2D eigenvalue weighted by Crippen LogP contribution is -2.22. The Bertz CT molecular complexity index is 515. The van der Waals surface area contributed by atoms with Crippen LogP contribution in [-0.4, -0.2) is 17.0 Å². The zero-order chi connectivity index (χ0) is 13.3.